The molecule has 0 aliphatic rings. The quantitative estimate of drug-likeness (QED) is 0.781. The molecule has 2 rings (SSSR count). The first-order chi connectivity index (χ1) is 11.6. The smallest absolute Gasteiger partial charge is 0.307 e. The fourth-order valence-corrected chi connectivity index (χ4v) is 2.22. The van der Waals surface area contributed by atoms with Crippen LogP contribution in [0.15, 0.2) is 54.6 Å². The van der Waals surface area contributed by atoms with Crippen molar-refractivity contribution in [3.05, 3.63) is 65.2 Å². The zero-order valence-electron chi connectivity index (χ0n) is 13.2. The molecule has 1 unspecified atom stereocenters. The average Bonchev–Trinajstić information content (AvgIpc) is 2.61. The van der Waals surface area contributed by atoms with Crippen LogP contribution in [0.4, 0.5) is 0 Å². The molecule has 6 heteroatoms. The van der Waals surface area contributed by atoms with Crippen molar-refractivity contribution < 1.29 is 19.1 Å². The molecule has 0 aliphatic heterocycles. The van der Waals surface area contributed by atoms with E-state index in [9.17, 15) is 9.59 Å². The second kappa shape index (κ2) is 8.93. The van der Waals surface area contributed by atoms with E-state index >= 15 is 0 Å². The summed E-state index contributed by atoms with van der Waals surface area (Å²) in [6.45, 7) is -0.144. The number of benzene rings is 2. The molecule has 0 radical (unpaired) electrons. The van der Waals surface area contributed by atoms with Crippen LogP contribution >= 0.6 is 11.6 Å². The molecule has 0 heterocycles. The zero-order chi connectivity index (χ0) is 17.4. The third kappa shape index (κ3) is 5.59. The van der Waals surface area contributed by atoms with Gasteiger partial charge in [0.2, 0.25) is 0 Å². The SMILES string of the molecule is COC(=O)CC(NC(=O)COc1ccccc1)c1ccc(Cl)cc1. The van der Waals surface area contributed by atoms with Crippen LogP contribution < -0.4 is 10.1 Å². The molecular formula is C18H18ClNO4. The lowest BCUT2D eigenvalue weighted by Gasteiger charge is -2.18. The number of amides is 1. The predicted molar refractivity (Wildman–Crippen MR) is 90.9 cm³/mol. The fourth-order valence-electron chi connectivity index (χ4n) is 2.10. The first-order valence-corrected chi connectivity index (χ1v) is 7.76. The molecular weight excluding hydrogens is 330 g/mol. The molecule has 126 valence electrons. The molecule has 0 saturated carbocycles. The van der Waals surface area contributed by atoms with Gasteiger partial charge in [-0.25, -0.2) is 0 Å². The molecule has 0 saturated heterocycles. The summed E-state index contributed by atoms with van der Waals surface area (Å²) >= 11 is 5.87. The largest absolute Gasteiger partial charge is 0.484 e. The highest BCUT2D eigenvalue weighted by molar-refractivity contribution is 6.30. The summed E-state index contributed by atoms with van der Waals surface area (Å²) in [6.07, 6.45) is 0.0230. The number of nitrogens with one attached hydrogen (secondary N) is 1. The Balaban J connectivity index is 2.00. The molecule has 2 aromatic rings. The van der Waals surface area contributed by atoms with Crippen LogP contribution in [0.2, 0.25) is 5.02 Å². The predicted octanol–water partition coefficient (Wildman–Crippen LogP) is 3.14. The molecule has 0 bridgehead atoms. The van der Waals surface area contributed by atoms with Crippen molar-refractivity contribution in [3.8, 4) is 5.75 Å². The third-order valence-corrected chi connectivity index (χ3v) is 3.57. The van der Waals surface area contributed by atoms with Crippen LogP contribution in [0.3, 0.4) is 0 Å². The number of hydrogen-bond donors (Lipinski definition) is 1. The lowest BCUT2D eigenvalue weighted by molar-refractivity contribution is -0.141. The van der Waals surface area contributed by atoms with Crippen LogP contribution in [-0.2, 0) is 14.3 Å². The number of ether oxygens (including phenoxy) is 2. The maximum atomic E-state index is 12.1. The minimum absolute atomic E-state index is 0.0230. The van der Waals surface area contributed by atoms with E-state index in [4.69, 9.17) is 16.3 Å². The Morgan fingerprint density at radius 2 is 1.75 bits per heavy atom. The normalized spacial score (nSPS) is 11.4. The summed E-state index contributed by atoms with van der Waals surface area (Å²) in [7, 11) is 1.31. The van der Waals surface area contributed by atoms with Gasteiger partial charge in [-0.05, 0) is 29.8 Å². The number of para-hydroxylation sites is 1. The third-order valence-electron chi connectivity index (χ3n) is 3.32. The molecule has 0 aromatic heterocycles. The monoisotopic (exact) mass is 347 g/mol. The van der Waals surface area contributed by atoms with Gasteiger partial charge in [-0.3, -0.25) is 9.59 Å². The lowest BCUT2D eigenvalue weighted by atomic mass is 10.0. The number of halogens is 1. The van der Waals surface area contributed by atoms with Crippen LogP contribution in [0.5, 0.6) is 5.75 Å². The van der Waals surface area contributed by atoms with Gasteiger partial charge in [0, 0.05) is 5.02 Å². The van der Waals surface area contributed by atoms with Crippen LogP contribution in [0.25, 0.3) is 0 Å². The molecule has 1 N–H and O–H groups in total. The Hall–Kier alpha value is -2.53. The number of esters is 1. The number of carbonyl (C=O) groups is 2. The summed E-state index contributed by atoms with van der Waals surface area (Å²) in [6, 6.07) is 15.4. The highest BCUT2D eigenvalue weighted by Gasteiger charge is 2.19. The molecule has 0 spiro atoms. The second-order valence-corrected chi connectivity index (χ2v) is 5.49. The number of rotatable bonds is 7. The lowest BCUT2D eigenvalue weighted by Crippen LogP contribution is -2.34. The van der Waals surface area contributed by atoms with Gasteiger partial charge >= 0.3 is 5.97 Å². The Bertz CT molecular complexity index is 673. The van der Waals surface area contributed by atoms with Crippen LogP contribution in [-0.4, -0.2) is 25.6 Å². The summed E-state index contributed by atoms with van der Waals surface area (Å²) in [5.74, 6) is -0.148. The van der Waals surface area contributed by atoms with E-state index in [-0.39, 0.29) is 18.9 Å². The van der Waals surface area contributed by atoms with E-state index < -0.39 is 12.0 Å². The van der Waals surface area contributed by atoms with Crippen LogP contribution in [0, 0.1) is 0 Å². The van der Waals surface area contributed by atoms with E-state index in [1.54, 1.807) is 36.4 Å². The molecule has 24 heavy (non-hydrogen) atoms. The fraction of sp³-hybridized carbons (Fsp3) is 0.222. The van der Waals surface area contributed by atoms with E-state index in [1.807, 2.05) is 18.2 Å². The zero-order valence-corrected chi connectivity index (χ0v) is 14.0. The van der Waals surface area contributed by atoms with Crippen molar-refractivity contribution >= 4 is 23.5 Å². The highest BCUT2D eigenvalue weighted by atomic mass is 35.5. The van der Waals surface area contributed by atoms with Crippen molar-refractivity contribution in [1.29, 1.82) is 0 Å². The van der Waals surface area contributed by atoms with Gasteiger partial charge in [0.25, 0.3) is 5.91 Å². The Morgan fingerprint density at radius 3 is 2.38 bits per heavy atom. The van der Waals surface area contributed by atoms with Gasteiger partial charge in [-0.2, -0.15) is 0 Å². The molecule has 0 fully saturated rings. The topological polar surface area (TPSA) is 64.6 Å². The molecule has 0 aliphatic carbocycles. The summed E-state index contributed by atoms with van der Waals surface area (Å²) in [5.41, 5.74) is 0.762. The van der Waals surface area contributed by atoms with Crippen molar-refractivity contribution in [1.82, 2.24) is 5.32 Å². The molecule has 1 amide bonds. The second-order valence-electron chi connectivity index (χ2n) is 5.05. The summed E-state index contributed by atoms with van der Waals surface area (Å²) < 4.78 is 10.1. The first-order valence-electron chi connectivity index (χ1n) is 7.38. The van der Waals surface area contributed by atoms with Crippen molar-refractivity contribution in [2.45, 2.75) is 12.5 Å². The summed E-state index contributed by atoms with van der Waals surface area (Å²) in [4.78, 5) is 23.7. The minimum atomic E-state index is -0.512. The van der Waals surface area contributed by atoms with Gasteiger partial charge in [-0.15, -0.1) is 0 Å². The number of carbonyl (C=O) groups excluding carboxylic acids is 2. The maximum absolute atomic E-state index is 12.1. The highest BCUT2D eigenvalue weighted by Crippen LogP contribution is 2.20. The van der Waals surface area contributed by atoms with Gasteiger partial charge in [0.1, 0.15) is 5.75 Å². The van der Waals surface area contributed by atoms with Gasteiger partial charge in [0.15, 0.2) is 6.61 Å². The maximum Gasteiger partial charge on any atom is 0.307 e. The van der Waals surface area contributed by atoms with Crippen molar-refractivity contribution in [3.63, 3.8) is 0 Å². The number of hydrogen-bond acceptors (Lipinski definition) is 4. The van der Waals surface area contributed by atoms with E-state index in [1.165, 1.54) is 7.11 Å². The Kier molecular flexibility index (Phi) is 6.63. The molecule has 1 atom stereocenters. The summed E-state index contributed by atoms with van der Waals surface area (Å²) in [5, 5.41) is 3.36. The van der Waals surface area contributed by atoms with Gasteiger partial charge < -0.3 is 14.8 Å². The van der Waals surface area contributed by atoms with Crippen molar-refractivity contribution in [2.75, 3.05) is 13.7 Å². The molecule has 5 nitrogen and oxygen atoms in total. The van der Waals surface area contributed by atoms with Gasteiger partial charge in [-0.1, -0.05) is 41.9 Å². The Labute approximate surface area is 145 Å². The molecule has 2 aromatic carbocycles. The van der Waals surface area contributed by atoms with E-state index in [0.717, 1.165) is 5.56 Å². The minimum Gasteiger partial charge on any atom is -0.484 e. The standard InChI is InChI=1S/C18H18ClNO4/c1-23-18(22)11-16(13-7-9-14(19)10-8-13)20-17(21)12-24-15-5-3-2-4-6-15/h2-10,16H,11-12H2,1H3,(H,20,21). The van der Waals surface area contributed by atoms with Gasteiger partial charge in [0.05, 0.1) is 19.6 Å². The Morgan fingerprint density at radius 1 is 1.08 bits per heavy atom. The van der Waals surface area contributed by atoms with E-state index in [0.29, 0.717) is 10.8 Å². The number of methoxy groups -OCH3 is 1. The van der Waals surface area contributed by atoms with Crippen molar-refractivity contribution in [2.24, 2.45) is 0 Å². The first kappa shape index (κ1) is 17.8. The van der Waals surface area contributed by atoms with Crippen LogP contribution in [0.1, 0.15) is 18.0 Å². The van der Waals surface area contributed by atoms with E-state index in [2.05, 4.69) is 10.1 Å². The average molecular weight is 348 g/mol.